The van der Waals surface area contributed by atoms with Gasteiger partial charge in [-0.1, -0.05) is 30.3 Å². The van der Waals surface area contributed by atoms with E-state index in [9.17, 15) is 14.4 Å². The average Bonchev–Trinajstić information content (AvgIpc) is 3.60. The standard InChI is InChI=1S/C25H26N4O5/c30-22(17-28-24(31)21-11-6-14-34-21)29(19-9-4-12-26-15-19)23(18-7-2-1-3-8-18)25(32)27-16-20-10-5-13-33-20/h1-4,6-9,11-12,14-15,20,23H,5,10,13,16-17H2,(H,27,32)(H,28,31)/t20-,23-/m1/s1. The normalized spacial score (nSPS) is 15.9. The van der Waals surface area contributed by atoms with Crippen LogP contribution in [0.5, 0.6) is 0 Å². The van der Waals surface area contributed by atoms with Crippen LogP contribution in [-0.2, 0) is 14.3 Å². The Morgan fingerprint density at radius 3 is 2.59 bits per heavy atom. The number of hydrogen-bond acceptors (Lipinski definition) is 6. The van der Waals surface area contributed by atoms with Crippen molar-refractivity contribution in [1.82, 2.24) is 15.6 Å². The number of hydrogen-bond donors (Lipinski definition) is 2. The molecule has 0 radical (unpaired) electrons. The molecule has 1 aliphatic rings. The van der Waals surface area contributed by atoms with Crippen LogP contribution in [0.1, 0.15) is 35.0 Å². The highest BCUT2D eigenvalue weighted by atomic mass is 16.5. The van der Waals surface area contributed by atoms with Crippen LogP contribution in [0.3, 0.4) is 0 Å². The Hall–Kier alpha value is -3.98. The van der Waals surface area contributed by atoms with Crippen molar-refractivity contribution < 1.29 is 23.5 Å². The number of carbonyl (C=O) groups is 3. The fraction of sp³-hybridized carbons (Fsp3) is 0.280. The molecule has 1 aliphatic heterocycles. The second kappa shape index (κ2) is 11.2. The smallest absolute Gasteiger partial charge is 0.287 e. The van der Waals surface area contributed by atoms with Crippen molar-refractivity contribution in [3.8, 4) is 0 Å². The maximum atomic E-state index is 13.5. The molecular weight excluding hydrogens is 436 g/mol. The Bertz CT molecular complexity index is 1080. The minimum absolute atomic E-state index is 0.0458. The van der Waals surface area contributed by atoms with Gasteiger partial charge in [-0.2, -0.15) is 0 Å². The zero-order valence-corrected chi connectivity index (χ0v) is 18.6. The second-order valence-electron chi connectivity index (χ2n) is 7.83. The van der Waals surface area contributed by atoms with Gasteiger partial charge < -0.3 is 19.8 Å². The maximum Gasteiger partial charge on any atom is 0.287 e. The number of ether oxygens (including phenoxy) is 1. The summed E-state index contributed by atoms with van der Waals surface area (Å²) in [6.07, 6.45) is 6.26. The van der Waals surface area contributed by atoms with E-state index in [1.54, 1.807) is 48.7 Å². The van der Waals surface area contributed by atoms with Crippen molar-refractivity contribution in [2.24, 2.45) is 0 Å². The number of furan rings is 1. The Labute approximate surface area is 197 Å². The zero-order valence-electron chi connectivity index (χ0n) is 18.6. The number of aromatic nitrogens is 1. The van der Waals surface area contributed by atoms with E-state index in [-0.39, 0.29) is 24.3 Å². The topological polar surface area (TPSA) is 114 Å². The molecule has 0 unspecified atom stereocenters. The third-order valence-electron chi connectivity index (χ3n) is 5.49. The molecule has 1 saturated heterocycles. The number of nitrogens with one attached hydrogen (secondary N) is 2. The number of benzene rings is 1. The summed E-state index contributed by atoms with van der Waals surface area (Å²) < 4.78 is 10.7. The zero-order chi connectivity index (χ0) is 23.8. The molecule has 0 bridgehead atoms. The molecular formula is C25H26N4O5. The van der Waals surface area contributed by atoms with Gasteiger partial charge in [0.2, 0.25) is 11.8 Å². The van der Waals surface area contributed by atoms with E-state index in [0.29, 0.717) is 24.4 Å². The molecule has 3 heterocycles. The van der Waals surface area contributed by atoms with Gasteiger partial charge in [0.05, 0.1) is 30.8 Å². The summed E-state index contributed by atoms with van der Waals surface area (Å²) in [4.78, 5) is 44.7. The highest BCUT2D eigenvalue weighted by Gasteiger charge is 2.33. The summed E-state index contributed by atoms with van der Waals surface area (Å²) >= 11 is 0. The van der Waals surface area contributed by atoms with Gasteiger partial charge >= 0.3 is 0 Å². The highest BCUT2D eigenvalue weighted by Crippen LogP contribution is 2.27. The largest absolute Gasteiger partial charge is 0.459 e. The van der Waals surface area contributed by atoms with Crippen molar-refractivity contribution >= 4 is 23.4 Å². The monoisotopic (exact) mass is 462 g/mol. The van der Waals surface area contributed by atoms with Crippen LogP contribution in [0.4, 0.5) is 5.69 Å². The first kappa shape index (κ1) is 23.2. The summed E-state index contributed by atoms with van der Waals surface area (Å²) in [5.74, 6) is -1.26. The Kier molecular flexibility index (Phi) is 7.67. The van der Waals surface area contributed by atoms with Crippen molar-refractivity contribution in [1.29, 1.82) is 0 Å². The lowest BCUT2D eigenvalue weighted by Gasteiger charge is -2.31. The van der Waals surface area contributed by atoms with Crippen LogP contribution >= 0.6 is 0 Å². The molecule has 0 aliphatic carbocycles. The van der Waals surface area contributed by atoms with Crippen molar-refractivity contribution in [3.63, 3.8) is 0 Å². The summed E-state index contributed by atoms with van der Waals surface area (Å²) in [6.45, 7) is 0.696. The number of amides is 3. The molecule has 2 atom stereocenters. The second-order valence-corrected chi connectivity index (χ2v) is 7.83. The van der Waals surface area contributed by atoms with E-state index in [2.05, 4.69) is 15.6 Å². The van der Waals surface area contributed by atoms with Gasteiger partial charge in [0.15, 0.2) is 5.76 Å². The summed E-state index contributed by atoms with van der Waals surface area (Å²) in [5.41, 5.74) is 1.06. The van der Waals surface area contributed by atoms with Gasteiger partial charge in [-0.05, 0) is 42.7 Å². The molecule has 34 heavy (non-hydrogen) atoms. The van der Waals surface area contributed by atoms with Crippen LogP contribution in [0.25, 0.3) is 0 Å². The molecule has 9 nitrogen and oxygen atoms in total. The Morgan fingerprint density at radius 1 is 1.06 bits per heavy atom. The molecule has 0 saturated carbocycles. The summed E-state index contributed by atoms with van der Waals surface area (Å²) in [6, 6.07) is 14.5. The number of carbonyl (C=O) groups excluding carboxylic acids is 3. The number of nitrogens with zero attached hydrogens (tertiary/aromatic N) is 2. The third-order valence-corrected chi connectivity index (χ3v) is 5.49. The average molecular weight is 463 g/mol. The maximum absolute atomic E-state index is 13.5. The molecule has 4 rings (SSSR count). The predicted octanol–water partition coefficient (Wildman–Crippen LogP) is 2.47. The van der Waals surface area contributed by atoms with E-state index in [1.807, 2.05) is 6.07 Å². The molecule has 1 aromatic carbocycles. The molecule has 2 N–H and O–H groups in total. The van der Waals surface area contributed by atoms with Gasteiger partial charge in [-0.25, -0.2) is 0 Å². The molecule has 2 aromatic heterocycles. The summed E-state index contributed by atoms with van der Waals surface area (Å²) in [5, 5.41) is 5.50. The predicted molar refractivity (Wildman–Crippen MR) is 124 cm³/mol. The Morgan fingerprint density at radius 2 is 1.91 bits per heavy atom. The molecule has 1 fully saturated rings. The lowest BCUT2D eigenvalue weighted by molar-refractivity contribution is -0.126. The SMILES string of the molecule is O=C(NCC(=O)N(c1cccnc1)[C@@H](C(=O)NC[C@H]1CCCO1)c1ccccc1)c1ccco1. The summed E-state index contributed by atoms with van der Waals surface area (Å²) in [7, 11) is 0. The minimum Gasteiger partial charge on any atom is -0.459 e. The third kappa shape index (κ3) is 5.68. The van der Waals surface area contributed by atoms with Crippen LogP contribution in [0.15, 0.2) is 77.7 Å². The first-order valence-corrected chi connectivity index (χ1v) is 11.1. The van der Waals surface area contributed by atoms with Crippen LogP contribution in [-0.4, -0.2) is 48.5 Å². The molecule has 3 aromatic rings. The number of pyridine rings is 1. The number of anilines is 1. The van der Waals surface area contributed by atoms with E-state index in [0.717, 1.165) is 12.8 Å². The molecule has 9 heteroatoms. The van der Waals surface area contributed by atoms with E-state index in [1.165, 1.54) is 23.4 Å². The van der Waals surface area contributed by atoms with Crippen LogP contribution < -0.4 is 15.5 Å². The van der Waals surface area contributed by atoms with Gasteiger partial charge in [-0.3, -0.25) is 24.3 Å². The first-order valence-electron chi connectivity index (χ1n) is 11.1. The number of rotatable bonds is 9. The van der Waals surface area contributed by atoms with E-state index < -0.39 is 17.9 Å². The van der Waals surface area contributed by atoms with Gasteiger partial charge in [0, 0.05) is 19.3 Å². The molecule has 0 spiro atoms. The Balaban J connectivity index is 1.60. The van der Waals surface area contributed by atoms with Crippen molar-refractivity contribution in [2.75, 3.05) is 24.6 Å². The fourth-order valence-corrected chi connectivity index (χ4v) is 3.84. The highest BCUT2D eigenvalue weighted by molar-refractivity contribution is 6.04. The fourth-order valence-electron chi connectivity index (χ4n) is 3.84. The van der Waals surface area contributed by atoms with E-state index >= 15 is 0 Å². The van der Waals surface area contributed by atoms with Crippen LogP contribution in [0, 0.1) is 0 Å². The van der Waals surface area contributed by atoms with Gasteiger partial charge in [-0.15, -0.1) is 0 Å². The lowest BCUT2D eigenvalue weighted by atomic mass is 10.0. The lowest BCUT2D eigenvalue weighted by Crippen LogP contribution is -2.48. The minimum atomic E-state index is -0.972. The molecule has 176 valence electrons. The van der Waals surface area contributed by atoms with Crippen molar-refractivity contribution in [2.45, 2.75) is 25.0 Å². The quantitative estimate of drug-likeness (QED) is 0.505. The van der Waals surface area contributed by atoms with Crippen molar-refractivity contribution in [3.05, 3.63) is 84.6 Å². The van der Waals surface area contributed by atoms with Crippen LogP contribution in [0.2, 0.25) is 0 Å². The van der Waals surface area contributed by atoms with Gasteiger partial charge in [0.25, 0.3) is 5.91 Å². The van der Waals surface area contributed by atoms with Gasteiger partial charge in [0.1, 0.15) is 6.04 Å². The van der Waals surface area contributed by atoms with E-state index in [4.69, 9.17) is 9.15 Å². The first-order chi connectivity index (χ1) is 16.6. The molecule has 3 amide bonds.